The molecule has 0 bridgehead atoms. The molecule has 0 aliphatic rings. The Labute approximate surface area is 190 Å². The lowest BCUT2D eigenvalue weighted by atomic mass is 10.0. The van der Waals surface area contributed by atoms with Crippen LogP contribution in [-0.4, -0.2) is 21.7 Å². The van der Waals surface area contributed by atoms with Gasteiger partial charge in [0, 0.05) is 11.4 Å². The predicted octanol–water partition coefficient (Wildman–Crippen LogP) is 4.86. The molecule has 2 amide bonds. The number of hydrogen-bond donors (Lipinski definition) is 2. The molecule has 0 unspecified atom stereocenters. The van der Waals surface area contributed by atoms with Crippen LogP contribution in [0, 0.1) is 20.2 Å². The number of nitrogens with zero attached hydrogens (tertiary/aromatic N) is 2. The highest BCUT2D eigenvalue weighted by Crippen LogP contribution is 2.25. The number of amides is 2. The van der Waals surface area contributed by atoms with E-state index in [2.05, 4.69) is 10.6 Å². The van der Waals surface area contributed by atoms with E-state index in [1.165, 1.54) is 12.1 Å². The highest BCUT2D eigenvalue weighted by atomic mass is 16.7. The molecule has 4 aromatic rings. The van der Waals surface area contributed by atoms with Gasteiger partial charge in [0.1, 0.15) is 9.85 Å². The Bertz CT molecular complexity index is 1280. The van der Waals surface area contributed by atoms with Gasteiger partial charge in [0.25, 0.3) is 11.8 Å². The zero-order chi connectivity index (χ0) is 24.2. The minimum absolute atomic E-state index is 0.183. The molecule has 0 radical (unpaired) electrons. The number of furan rings is 2. The second kappa shape index (κ2) is 9.08. The number of nitro groups is 2. The van der Waals surface area contributed by atoms with Gasteiger partial charge in [-0.05, 0) is 47.5 Å². The first-order valence-corrected chi connectivity index (χ1v) is 9.62. The Kier molecular flexibility index (Phi) is 5.86. The van der Waals surface area contributed by atoms with E-state index in [4.69, 9.17) is 8.83 Å². The van der Waals surface area contributed by atoms with Crippen molar-refractivity contribution in [3.63, 3.8) is 0 Å². The fourth-order valence-corrected chi connectivity index (χ4v) is 2.97. The van der Waals surface area contributed by atoms with Crippen LogP contribution in [0.25, 0.3) is 11.1 Å². The van der Waals surface area contributed by atoms with E-state index in [9.17, 15) is 29.8 Å². The number of hydrogen-bond acceptors (Lipinski definition) is 8. The lowest BCUT2D eigenvalue weighted by Gasteiger charge is -2.07. The van der Waals surface area contributed by atoms with Crippen molar-refractivity contribution >= 4 is 35.0 Å². The zero-order valence-corrected chi connectivity index (χ0v) is 17.1. The molecule has 0 saturated heterocycles. The van der Waals surface area contributed by atoms with Crippen molar-refractivity contribution in [2.45, 2.75) is 0 Å². The van der Waals surface area contributed by atoms with Gasteiger partial charge in [-0.25, -0.2) is 0 Å². The first kappa shape index (κ1) is 22.0. The van der Waals surface area contributed by atoms with Crippen LogP contribution in [0.5, 0.6) is 0 Å². The molecule has 4 rings (SSSR count). The third-order valence-electron chi connectivity index (χ3n) is 4.61. The van der Waals surface area contributed by atoms with Crippen LogP contribution in [0.15, 0.2) is 81.6 Å². The fourth-order valence-electron chi connectivity index (χ4n) is 2.97. The topological polar surface area (TPSA) is 171 Å². The second-order valence-corrected chi connectivity index (χ2v) is 6.85. The largest absolute Gasteiger partial charge is 0.433 e. The molecule has 2 aromatic heterocycles. The van der Waals surface area contributed by atoms with Gasteiger partial charge in [0.15, 0.2) is 11.5 Å². The maximum absolute atomic E-state index is 12.2. The molecule has 0 spiro atoms. The van der Waals surface area contributed by atoms with Gasteiger partial charge in [0.05, 0.1) is 12.1 Å². The Hall–Kier alpha value is -5.26. The van der Waals surface area contributed by atoms with Crippen molar-refractivity contribution in [3.05, 3.63) is 105 Å². The van der Waals surface area contributed by atoms with Crippen molar-refractivity contribution in [1.82, 2.24) is 0 Å². The molecule has 170 valence electrons. The summed E-state index contributed by atoms with van der Waals surface area (Å²) < 4.78 is 9.75. The van der Waals surface area contributed by atoms with E-state index in [1.54, 1.807) is 48.5 Å². The van der Waals surface area contributed by atoms with Crippen LogP contribution in [0.4, 0.5) is 23.1 Å². The van der Waals surface area contributed by atoms with Gasteiger partial charge >= 0.3 is 11.8 Å². The standard InChI is InChI=1S/C22H14N4O8/c27-21(17-9-11-19(33-17)25(29)30)23-15-5-1-13(2-6-15)14-3-7-16(8-4-14)24-22(28)18-10-12-20(34-18)26(31)32/h1-12H,(H,23,27)(H,24,28). The van der Waals surface area contributed by atoms with E-state index in [-0.39, 0.29) is 11.5 Å². The van der Waals surface area contributed by atoms with Crippen LogP contribution >= 0.6 is 0 Å². The summed E-state index contributed by atoms with van der Waals surface area (Å²) in [6, 6.07) is 18.3. The van der Waals surface area contributed by atoms with Gasteiger partial charge < -0.3 is 19.5 Å². The number of carbonyl (C=O) groups is 2. The maximum atomic E-state index is 12.2. The Morgan fingerprint density at radius 3 is 1.24 bits per heavy atom. The summed E-state index contributed by atoms with van der Waals surface area (Å²) in [4.78, 5) is 44.2. The van der Waals surface area contributed by atoms with E-state index in [1.807, 2.05) is 0 Å². The highest BCUT2D eigenvalue weighted by molar-refractivity contribution is 6.03. The van der Waals surface area contributed by atoms with Gasteiger partial charge in [-0.15, -0.1) is 0 Å². The molecule has 12 heteroatoms. The monoisotopic (exact) mass is 462 g/mol. The predicted molar refractivity (Wildman–Crippen MR) is 119 cm³/mol. The highest BCUT2D eigenvalue weighted by Gasteiger charge is 2.18. The average Bonchev–Trinajstić information content (AvgIpc) is 3.51. The molecule has 0 aliphatic heterocycles. The van der Waals surface area contributed by atoms with Crippen LogP contribution in [0.2, 0.25) is 0 Å². The van der Waals surface area contributed by atoms with Gasteiger partial charge in [0.2, 0.25) is 0 Å². The van der Waals surface area contributed by atoms with Crippen molar-refractivity contribution in [1.29, 1.82) is 0 Å². The quantitative estimate of drug-likeness (QED) is 0.289. The number of nitrogens with one attached hydrogen (secondary N) is 2. The SMILES string of the molecule is O=C(Nc1ccc(-c2ccc(NC(=O)c3ccc([N+](=O)[O-])o3)cc2)cc1)c1ccc([N+](=O)[O-])o1. The third-order valence-corrected chi connectivity index (χ3v) is 4.61. The van der Waals surface area contributed by atoms with Crippen molar-refractivity contribution < 1.29 is 28.3 Å². The summed E-state index contributed by atoms with van der Waals surface area (Å²) in [6.07, 6.45) is 0. The summed E-state index contributed by atoms with van der Waals surface area (Å²) in [5, 5.41) is 26.5. The second-order valence-electron chi connectivity index (χ2n) is 6.85. The first-order valence-electron chi connectivity index (χ1n) is 9.62. The van der Waals surface area contributed by atoms with E-state index in [0.717, 1.165) is 23.3 Å². The zero-order valence-electron chi connectivity index (χ0n) is 17.1. The summed E-state index contributed by atoms with van der Waals surface area (Å²) in [5.74, 6) is -2.66. The summed E-state index contributed by atoms with van der Waals surface area (Å²) >= 11 is 0. The molecule has 0 fully saturated rings. The molecular weight excluding hydrogens is 448 g/mol. The Balaban J connectivity index is 1.38. The van der Waals surface area contributed by atoms with E-state index in [0.29, 0.717) is 11.4 Å². The van der Waals surface area contributed by atoms with Gasteiger partial charge in [-0.3, -0.25) is 29.8 Å². The van der Waals surface area contributed by atoms with Crippen LogP contribution < -0.4 is 10.6 Å². The molecule has 2 N–H and O–H groups in total. The van der Waals surface area contributed by atoms with Crippen LogP contribution in [0.3, 0.4) is 0 Å². The maximum Gasteiger partial charge on any atom is 0.433 e. The van der Waals surface area contributed by atoms with E-state index < -0.39 is 33.4 Å². The summed E-state index contributed by atoms with van der Waals surface area (Å²) in [6.45, 7) is 0. The van der Waals surface area contributed by atoms with Gasteiger partial charge in [-0.2, -0.15) is 0 Å². The molecule has 0 atom stereocenters. The van der Waals surface area contributed by atoms with Crippen molar-refractivity contribution in [2.24, 2.45) is 0 Å². The Morgan fingerprint density at radius 1 is 0.588 bits per heavy atom. The average molecular weight is 462 g/mol. The van der Waals surface area contributed by atoms with Crippen LogP contribution in [0.1, 0.15) is 21.1 Å². The normalized spacial score (nSPS) is 10.5. The molecule has 2 heterocycles. The number of anilines is 2. The molecule has 12 nitrogen and oxygen atoms in total. The first-order chi connectivity index (χ1) is 16.3. The lowest BCUT2D eigenvalue weighted by molar-refractivity contribution is -0.402. The van der Waals surface area contributed by atoms with Crippen LogP contribution in [-0.2, 0) is 0 Å². The summed E-state index contributed by atoms with van der Waals surface area (Å²) in [5.41, 5.74) is 2.57. The number of benzene rings is 2. The van der Waals surface area contributed by atoms with Crippen molar-refractivity contribution in [2.75, 3.05) is 10.6 Å². The minimum atomic E-state index is -0.731. The number of carbonyl (C=O) groups excluding carboxylic acids is 2. The minimum Gasteiger partial charge on any atom is -0.395 e. The van der Waals surface area contributed by atoms with Gasteiger partial charge in [-0.1, -0.05) is 24.3 Å². The molecule has 0 aliphatic carbocycles. The van der Waals surface area contributed by atoms with Crippen molar-refractivity contribution in [3.8, 4) is 11.1 Å². The third kappa shape index (κ3) is 4.80. The fraction of sp³-hybridized carbons (Fsp3) is 0. The smallest absolute Gasteiger partial charge is 0.395 e. The Morgan fingerprint density at radius 2 is 0.941 bits per heavy atom. The number of rotatable bonds is 7. The molecule has 0 saturated carbocycles. The molecular formula is C22H14N4O8. The van der Waals surface area contributed by atoms with E-state index >= 15 is 0 Å². The molecule has 2 aromatic carbocycles. The summed E-state index contributed by atoms with van der Waals surface area (Å²) in [7, 11) is 0. The lowest BCUT2D eigenvalue weighted by Crippen LogP contribution is -2.10. The molecule has 34 heavy (non-hydrogen) atoms.